The number of anilines is 1. The van der Waals surface area contributed by atoms with Gasteiger partial charge in [0.05, 0.1) is 23.9 Å². The fourth-order valence-electron chi connectivity index (χ4n) is 4.21. The number of carbonyl (C=O) groups is 3. The summed E-state index contributed by atoms with van der Waals surface area (Å²) in [4.78, 5) is 47.3. The van der Waals surface area contributed by atoms with Crippen molar-refractivity contribution in [2.45, 2.75) is 38.1 Å². The predicted octanol–water partition coefficient (Wildman–Crippen LogP) is 1.87. The molecule has 0 spiro atoms. The molecule has 2 fully saturated rings. The summed E-state index contributed by atoms with van der Waals surface area (Å²) >= 11 is 0. The number of ether oxygens (including phenoxy) is 1. The van der Waals surface area contributed by atoms with Crippen molar-refractivity contribution >= 4 is 23.5 Å². The first-order valence-electron chi connectivity index (χ1n) is 11.2. The van der Waals surface area contributed by atoms with E-state index in [1.165, 1.54) is 25.8 Å². The smallest absolute Gasteiger partial charge is 0.339 e. The van der Waals surface area contributed by atoms with Gasteiger partial charge in [-0.2, -0.15) is 0 Å². The largest absolute Gasteiger partial charge is 0.465 e. The molecule has 1 aliphatic carbocycles. The zero-order valence-electron chi connectivity index (χ0n) is 19.0. The van der Waals surface area contributed by atoms with Gasteiger partial charge in [-0.05, 0) is 56.2 Å². The number of carbonyl (C=O) groups excluding carboxylic acids is 3. The summed E-state index contributed by atoms with van der Waals surface area (Å²) in [5, 5.41) is 5.88. The van der Waals surface area contributed by atoms with Crippen LogP contribution < -0.4 is 15.5 Å². The molecule has 9 heteroatoms. The van der Waals surface area contributed by atoms with Gasteiger partial charge in [-0.1, -0.05) is 6.07 Å². The molecular weight excluding hydrogens is 422 g/mol. The number of aryl methyl sites for hydroxylation is 1. The number of benzene rings is 1. The maximum Gasteiger partial charge on any atom is 0.339 e. The van der Waals surface area contributed by atoms with Crippen LogP contribution in [0.5, 0.6) is 0 Å². The Labute approximate surface area is 192 Å². The second kappa shape index (κ2) is 9.56. The maximum absolute atomic E-state index is 12.8. The Morgan fingerprint density at radius 2 is 1.85 bits per heavy atom. The quantitative estimate of drug-likeness (QED) is 0.618. The molecule has 2 amide bonds. The van der Waals surface area contributed by atoms with Crippen LogP contribution in [-0.4, -0.2) is 60.0 Å². The van der Waals surface area contributed by atoms with Crippen molar-refractivity contribution in [3.05, 3.63) is 53.6 Å². The lowest BCUT2D eigenvalue weighted by atomic mass is 9.95. The molecule has 1 saturated heterocycles. The van der Waals surface area contributed by atoms with E-state index in [0.717, 1.165) is 37.2 Å². The van der Waals surface area contributed by atoms with Gasteiger partial charge in [-0.3, -0.25) is 9.59 Å². The van der Waals surface area contributed by atoms with Crippen LogP contribution in [0.15, 0.2) is 36.9 Å². The highest BCUT2D eigenvalue weighted by atomic mass is 16.5. The molecule has 1 aromatic heterocycles. The normalized spacial score (nSPS) is 17.2. The number of nitrogens with zero attached hydrogens (tertiary/aromatic N) is 3. The zero-order chi connectivity index (χ0) is 23.4. The van der Waals surface area contributed by atoms with Gasteiger partial charge >= 0.3 is 5.97 Å². The standard InChI is InChI=1S/C24H29N5O4/c1-16-3-4-19(22(31)33-2)20(11-16)29-9-5-17(6-10-29)12-27-23(32)24(7-8-24)28-21(30)18-13-25-15-26-14-18/h3-4,11,13-15,17H,5-10,12H2,1-2H3,(H,27,32)(H,28,30). The summed E-state index contributed by atoms with van der Waals surface area (Å²) in [6.07, 6.45) is 7.27. The van der Waals surface area contributed by atoms with E-state index in [2.05, 4.69) is 25.5 Å². The Hall–Kier alpha value is -3.49. The lowest BCUT2D eigenvalue weighted by Gasteiger charge is -2.35. The summed E-state index contributed by atoms with van der Waals surface area (Å²) in [6, 6.07) is 5.74. The maximum atomic E-state index is 12.8. The Bertz CT molecular complexity index is 1030. The molecule has 2 heterocycles. The summed E-state index contributed by atoms with van der Waals surface area (Å²) in [7, 11) is 1.39. The molecule has 1 aliphatic heterocycles. The van der Waals surface area contributed by atoms with E-state index < -0.39 is 5.54 Å². The fourth-order valence-corrected chi connectivity index (χ4v) is 4.21. The van der Waals surface area contributed by atoms with Crippen molar-refractivity contribution in [2.75, 3.05) is 31.6 Å². The van der Waals surface area contributed by atoms with Crippen molar-refractivity contribution in [2.24, 2.45) is 5.92 Å². The molecule has 2 aromatic rings. The molecule has 2 N–H and O–H groups in total. The van der Waals surface area contributed by atoms with E-state index in [9.17, 15) is 14.4 Å². The van der Waals surface area contributed by atoms with Gasteiger partial charge in [0, 0.05) is 32.0 Å². The van der Waals surface area contributed by atoms with Crippen LogP contribution in [0.1, 0.15) is 52.0 Å². The van der Waals surface area contributed by atoms with Crippen LogP contribution >= 0.6 is 0 Å². The molecule has 33 heavy (non-hydrogen) atoms. The number of rotatable bonds is 7. The van der Waals surface area contributed by atoms with Gasteiger partial charge in [0.2, 0.25) is 5.91 Å². The van der Waals surface area contributed by atoms with Crippen molar-refractivity contribution in [1.29, 1.82) is 0 Å². The lowest BCUT2D eigenvalue weighted by molar-refractivity contribution is -0.124. The van der Waals surface area contributed by atoms with Crippen LogP contribution in [0.2, 0.25) is 0 Å². The minimum absolute atomic E-state index is 0.137. The van der Waals surface area contributed by atoms with E-state index in [1.54, 1.807) is 0 Å². The second-order valence-corrected chi connectivity index (χ2v) is 8.82. The highest BCUT2D eigenvalue weighted by Gasteiger charge is 2.51. The molecule has 1 aromatic carbocycles. The van der Waals surface area contributed by atoms with Gasteiger partial charge in [-0.25, -0.2) is 14.8 Å². The molecule has 0 radical (unpaired) electrons. The molecule has 0 bridgehead atoms. The Balaban J connectivity index is 1.29. The van der Waals surface area contributed by atoms with Crippen LogP contribution in [0.25, 0.3) is 0 Å². The minimum Gasteiger partial charge on any atom is -0.465 e. The monoisotopic (exact) mass is 451 g/mol. The third-order valence-electron chi connectivity index (χ3n) is 6.43. The average molecular weight is 452 g/mol. The first-order valence-corrected chi connectivity index (χ1v) is 11.2. The summed E-state index contributed by atoms with van der Waals surface area (Å²) in [5.41, 5.74) is 2.07. The second-order valence-electron chi connectivity index (χ2n) is 8.82. The topological polar surface area (TPSA) is 114 Å². The number of nitrogens with one attached hydrogen (secondary N) is 2. The number of amides is 2. The molecule has 1 saturated carbocycles. The van der Waals surface area contributed by atoms with E-state index in [0.29, 0.717) is 36.4 Å². The Kier molecular flexibility index (Phi) is 6.57. The number of hydrogen-bond donors (Lipinski definition) is 2. The average Bonchev–Trinajstić information content (AvgIpc) is 3.63. The highest BCUT2D eigenvalue weighted by Crippen LogP contribution is 2.36. The predicted molar refractivity (Wildman–Crippen MR) is 122 cm³/mol. The first kappa shape index (κ1) is 22.7. The van der Waals surface area contributed by atoms with Crippen molar-refractivity contribution < 1.29 is 19.1 Å². The minimum atomic E-state index is -0.829. The zero-order valence-corrected chi connectivity index (χ0v) is 19.0. The molecule has 2 aliphatic rings. The molecule has 4 rings (SSSR count). The van der Waals surface area contributed by atoms with Gasteiger partial charge in [0.1, 0.15) is 11.9 Å². The van der Waals surface area contributed by atoms with E-state index in [1.807, 2.05) is 25.1 Å². The Morgan fingerprint density at radius 3 is 2.48 bits per heavy atom. The summed E-state index contributed by atoms with van der Waals surface area (Å²) in [5.74, 6) is -0.471. The lowest BCUT2D eigenvalue weighted by Crippen LogP contribution is -2.50. The number of esters is 1. The summed E-state index contributed by atoms with van der Waals surface area (Å²) < 4.78 is 4.94. The number of aromatic nitrogens is 2. The van der Waals surface area contributed by atoms with Gasteiger partial charge in [-0.15, -0.1) is 0 Å². The SMILES string of the molecule is COC(=O)c1ccc(C)cc1N1CCC(CNC(=O)C2(NC(=O)c3cncnc3)CC2)CC1. The van der Waals surface area contributed by atoms with Crippen molar-refractivity contribution in [3.63, 3.8) is 0 Å². The van der Waals surface area contributed by atoms with Gasteiger partial charge < -0.3 is 20.3 Å². The van der Waals surface area contributed by atoms with Gasteiger partial charge in [0.15, 0.2) is 0 Å². The van der Waals surface area contributed by atoms with Crippen LogP contribution in [0.3, 0.4) is 0 Å². The first-order chi connectivity index (χ1) is 15.9. The van der Waals surface area contributed by atoms with Gasteiger partial charge in [0.25, 0.3) is 5.91 Å². The number of piperidine rings is 1. The molecule has 174 valence electrons. The van der Waals surface area contributed by atoms with E-state index in [4.69, 9.17) is 4.74 Å². The molecule has 0 atom stereocenters. The number of hydrogen-bond acceptors (Lipinski definition) is 7. The van der Waals surface area contributed by atoms with Crippen LogP contribution in [-0.2, 0) is 9.53 Å². The molecule has 0 unspecified atom stereocenters. The summed E-state index contributed by atoms with van der Waals surface area (Å²) in [6.45, 7) is 4.16. The van der Waals surface area contributed by atoms with E-state index in [-0.39, 0.29) is 17.8 Å². The third-order valence-corrected chi connectivity index (χ3v) is 6.43. The third kappa shape index (κ3) is 5.13. The fraction of sp³-hybridized carbons (Fsp3) is 0.458. The van der Waals surface area contributed by atoms with E-state index >= 15 is 0 Å². The molecular formula is C24H29N5O4. The van der Waals surface area contributed by atoms with Crippen molar-refractivity contribution in [1.82, 2.24) is 20.6 Å². The van der Waals surface area contributed by atoms with Crippen LogP contribution in [0.4, 0.5) is 5.69 Å². The van der Waals surface area contributed by atoms with Crippen LogP contribution in [0, 0.1) is 12.8 Å². The highest BCUT2D eigenvalue weighted by molar-refractivity contribution is 6.00. The Morgan fingerprint density at radius 1 is 1.15 bits per heavy atom. The van der Waals surface area contributed by atoms with Crippen molar-refractivity contribution in [3.8, 4) is 0 Å². The number of methoxy groups -OCH3 is 1. The molecule has 9 nitrogen and oxygen atoms in total.